The minimum Gasteiger partial charge on any atom is -0.504 e. The number of hydrogen-bond acceptors (Lipinski definition) is 5. The van der Waals surface area contributed by atoms with Gasteiger partial charge in [-0.05, 0) is 42.8 Å². The van der Waals surface area contributed by atoms with E-state index in [1.54, 1.807) is 6.92 Å². The number of rotatable bonds is 6. The first kappa shape index (κ1) is 18.4. The molecule has 1 N–H and O–H groups in total. The largest absolute Gasteiger partial charge is 0.573 e. The molecule has 0 aliphatic carbocycles. The molecule has 0 atom stereocenters. The summed E-state index contributed by atoms with van der Waals surface area (Å²) in [5.41, 5.74) is 0.753. The molecule has 0 spiro atoms. The molecule has 0 aliphatic heterocycles. The van der Waals surface area contributed by atoms with Crippen LogP contribution < -0.4 is 9.47 Å². The Morgan fingerprint density at radius 1 is 1.12 bits per heavy atom. The van der Waals surface area contributed by atoms with Crippen molar-refractivity contribution in [2.24, 2.45) is 0 Å². The van der Waals surface area contributed by atoms with E-state index in [1.807, 2.05) is 0 Å². The smallest absolute Gasteiger partial charge is 0.504 e. The number of benzene rings is 2. The number of aromatic hydroxyl groups is 1. The van der Waals surface area contributed by atoms with Crippen LogP contribution in [0.2, 0.25) is 0 Å². The topological polar surface area (TPSA) is 65.0 Å². The van der Waals surface area contributed by atoms with Crippen molar-refractivity contribution in [3.8, 4) is 17.2 Å². The minimum atomic E-state index is -4.75. The number of phenolic OH excluding ortho intramolecular Hbond substituents is 1. The number of phenols is 1. The maximum absolute atomic E-state index is 12.1. The Labute approximate surface area is 141 Å². The van der Waals surface area contributed by atoms with E-state index in [2.05, 4.69) is 4.74 Å². The fraction of sp³-hybridized carbons (Fsp3) is 0.235. The summed E-state index contributed by atoms with van der Waals surface area (Å²) >= 11 is 0. The second-order valence-corrected chi connectivity index (χ2v) is 4.88. The average molecular weight is 356 g/mol. The highest BCUT2D eigenvalue weighted by Crippen LogP contribution is 2.28. The van der Waals surface area contributed by atoms with Crippen molar-refractivity contribution in [1.82, 2.24) is 0 Å². The van der Waals surface area contributed by atoms with Crippen LogP contribution in [0, 0.1) is 0 Å². The first-order valence-electron chi connectivity index (χ1n) is 7.26. The van der Waals surface area contributed by atoms with Crippen molar-refractivity contribution in [3.05, 3.63) is 53.6 Å². The molecule has 25 heavy (non-hydrogen) atoms. The highest BCUT2D eigenvalue weighted by molar-refractivity contribution is 5.90. The van der Waals surface area contributed by atoms with Crippen LogP contribution in [0.3, 0.4) is 0 Å². The molecule has 0 saturated heterocycles. The molecular weight excluding hydrogens is 341 g/mol. The zero-order valence-electron chi connectivity index (χ0n) is 13.2. The third-order valence-electron chi connectivity index (χ3n) is 3.02. The summed E-state index contributed by atoms with van der Waals surface area (Å²) in [5.74, 6) is -1.02. The van der Waals surface area contributed by atoms with Gasteiger partial charge in [0.15, 0.2) is 11.5 Å². The number of carbonyl (C=O) groups is 1. The van der Waals surface area contributed by atoms with E-state index < -0.39 is 12.3 Å². The first-order valence-corrected chi connectivity index (χ1v) is 7.26. The molecule has 0 unspecified atom stereocenters. The van der Waals surface area contributed by atoms with E-state index in [0.29, 0.717) is 5.56 Å². The molecule has 0 bridgehead atoms. The third kappa shape index (κ3) is 5.59. The Kier molecular flexibility index (Phi) is 5.74. The van der Waals surface area contributed by atoms with Gasteiger partial charge in [-0.15, -0.1) is 13.2 Å². The molecule has 2 rings (SSSR count). The highest BCUT2D eigenvalue weighted by Gasteiger charge is 2.30. The van der Waals surface area contributed by atoms with Crippen molar-refractivity contribution >= 4 is 5.97 Å². The van der Waals surface area contributed by atoms with Gasteiger partial charge in [-0.3, -0.25) is 0 Å². The van der Waals surface area contributed by atoms with Crippen molar-refractivity contribution < 1.29 is 37.3 Å². The predicted octanol–water partition coefficient (Wildman–Crippen LogP) is 4.05. The van der Waals surface area contributed by atoms with E-state index in [4.69, 9.17) is 9.47 Å². The number of halogens is 3. The third-order valence-corrected chi connectivity index (χ3v) is 3.02. The van der Waals surface area contributed by atoms with E-state index >= 15 is 0 Å². The van der Waals surface area contributed by atoms with E-state index in [-0.39, 0.29) is 36.0 Å². The lowest BCUT2D eigenvalue weighted by molar-refractivity contribution is -0.274. The molecule has 2 aromatic rings. The minimum absolute atomic E-state index is 0.0125. The quantitative estimate of drug-likeness (QED) is 0.791. The summed E-state index contributed by atoms with van der Waals surface area (Å²) in [4.78, 5) is 11.6. The van der Waals surface area contributed by atoms with Crippen molar-refractivity contribution in [2.45, 2.75) is 19.9 Å². The van der Waals surface area contributed by atoms with Crippen LogP contribution in [-0.2, 0) is 11.3 Å². The summed E-state index contributed by atoms with van der Waals surface area (Å²) in [7, 11) is 0. The van der Waals surface area contributed by atoms with Crippen LogP contribution in [0.25, 0.3) is 0 Å². The normalized spacial score (nSPS) is 11.0. The van der Waals surface area contributed by atoms with Crippen LogP contribution >= 0.6 is 0 Å². The average Bonchev–Trinajstić information content (AvgIpc) is 2.54. The predicted molar refractivity (Wildman–Crippen MR) is 81.5 cm³/mol. The van der Waals surface area contributed by atoms with Crippen LogP contribution in [0.15, 0.2) is 42.5 Å². The Morgan fingerprint density at radius 3 is 2.36 bits per heavy atom. The van der Waals surface area contributed by atoms with Crippen molar-refractivity contribution in [1.29, 1.82) is 0 Å². The standard InChI is InChI=1S/C17H15F3O5/c1-2-23-16(22)12-5-8-15(14(21)9-12)24-10-11-3-6-13(7-4-11)25-17(18,19)20/h3-9,21H,2,10H2,1H3. The fourth-order valence-electron chi connectivity index (χ4n) is 1.93. The maximum atomic E-state index is 12.1. The monoisotopic (exact) mass is 356 g/mol. The van der Waals surface area contributed by atoms with Crippen LogP contribution in [0.1, 0.15) is 22.8 Å². The summed E-state index contributed by atoms with van der Waals surface area (Å²) in [6, 6.07) is 9.20. The molecule has 134 valence electrons. The zero-order chi connectivity index (χ0) is 18.4. The molecular formula is C17H15F3O5. The van der Waals surface area contributed by atoms with Gasteiger partial charge in [0, 0.05) is 0 Å². The van der Waals surface area contributed by atoms with Crippen molar-refractivity contribution in [3.63, 3.8) is 0 Å². The highest BCUT2D eigenvalue weighted by atomic mass is 19.4. The number of alkyl halides is 3. The molecule has 0 aromatic heterocycles. The van der Waals surface area contributed by atoms with Gasteiger partial charge in [0.1, 0.15) is 12.4 Å². The lowest BCUT2D eigenvalue weighted by Gasteiger charge is -2.11. The summed E-state index contributed by atoms with van der Waals surface area (Å²) in [5, 5.41) is 9.88. The zero-order valence-corrected chi connectivity index (χ0v) is 13.2. The Balaban J connectivity index is 1.98. The Bertz CT molecular complexity index is 726. The second-order valence-electron chi connectivity index (χ2n) is 4.88. The molecule has 8 heteroatoms. The molecule has 0 amide bonds. The maximum Gasteiger partial charge on any atom is 0.573 e. The summed E-state index contributed by atoms with van der Waals surface area (Å²) in [6.45, 7) is 1.89. The SMILES string of the molecule is CCOC(=O)c1ccc(OCc2ccc(OC(F)(F)F)cc2)c(O)c1. The van der Waals surface area contributed by atoms with Gasteiger partial charge >= 0.3 is 12.3 Å². The van der Waals surface area contributed by atoms with Crippen LogP contribution in [-0.4, -0.2) is 24.0 Å². The number of ether oxygens (including phenoxy) is 3. The van der Waals surface area contributed by atoms with Gasteiger partial charge in [-0.1, -0.05) is 12.1 Å². The Hall–Kier alpha value is -2.90. The number of hydrogen-bond donors (Lipinski definition) is 1. The molecule has 0 saturated carbocycles. The molecule has 0 radical (unpaired) electrons. The fourth-order valence-corrected chi connectivity index (χ4v) is 1.93. The second kappa shape index (κ2) is 7.78. The first-order chi connectivity index (χ1) is 11.8. The Morgan fingerprint density at radius 2 is 1.80 bits per heavy atom. The molecule has 2 aromatic carbocycles. The molecule has 5 nitrogen and oxygen atoms in total. The molecule has 0 aliphatic rings. The summed E-state index contributed by atoms with van der Waals surface area (Å²) in [6.07, 6.45) is -4.75. The molecule has 0 fully saturated rings. The van der Waals surface area contributed by atoms with Crippen molar-refractivity contribution in [2.75, 3.05) is 6.61 Å². The number of esters is 1. The van der Waals surface area contributed by atoms with Gasteiger partial charge in [-0.25, -0.2) is 4.79 Å². The van der Waals surface area contributed by atoms with Gasteiger partial charge < -0.3 is 19.3 Å². The van der Waals surface area contributed by atoms with Crippen LogP contribution in [0.4, 0.5) is 13.2 Å². The molecule has 0 heterocycles. The van der Waals surface area contributed by atoms with E-state index in [0.717, 1.165) is 12.1 Å². The lowest BCUT2D eigenvalue weighted by Crippen LogP contribution is -2.17. The van der Waals surface area contributed by atoms with Crippen LogP contribution in [0.5, 0.6) is 17.2 Å². The lowest BCUT2D eigenvalue weighted by atomic mass is 10.2. The van der Waals surface area contributed by atoms with Gasteiger partial charge in [0.25, 0.3) is 0 Å². The van der Waals surface area contributed by atoms with E-state index in [1.165, 1.54) is 30.3 Å². The number of carbonyl (C=O) groups excluding carboxylic acids is 1. The van der Waals surface area contributed by atoms with E-state index in [9.17, 15) is 23.1 Å². The van der Waals surface area contributed by atoms with Gasteiger partial charge in [0.05, 0.1) is 12.2 Å². The van der Waals surface area contributed by atoms with Gasteiger partial charge in [-0.2, -0.15) is 0 Å². The van der Waals surface area contributed by atoms with Gasteiger partial charge in [0.2, 0.25) is 0 Å². The summed E-state index contributed by atoms with van der Waals surface area (Å²) < 4.78 is 50.2.